The molecule has 2 bridgehead atoms. The van der Waals surface area contributed by atoms with Gasteiger partial charge < -0.3 is 4.74 Å². The van der Waals surface area contributed by atoms with E-state index in [-0.39, 0.29) is 18.0 Å². The van der Waals surface area contributed by atoms with E-state index >= 15 is 0 Å². The van der Waals surface area contributed by atoms with Gasteiger partial charge >= 0.3 is 5.97 Å². The Morgan fingerprint density at radius 3 is 2.82 bits per heavy atom. The van der Waals surface area contributed by atoms with Crippen LogP contribution in [0.4, 0.5) is 0 Å². The Labute approximate surface area is 66.9 Å². The van der Waals surface area contributed by atoms with Crippen LogP contribution in [0.5, 0.6) is 0 Å². The summed E-state index contributed by atoms with van der Waals surface area (Å²) in [6.45, 7) is 4.40. The molecule has 4 unspecified atom stereocenters. The number of hydrogen-bond donors (Lipinski definition) is 0. The van der Waals surface area contributed by atoms with Crippen LogP contribution in [0.25, 0.3) is 0 Å². The summed E-state index contributed by atoms with van der Waals surface area (Å²) < 4.78 is 5.23. The Balaban J connectivity index is 2.18. The predicted molar refractivity (Wildman–Crippen MR) is 40.9 cm³/mol. The molecule has 0 aromatic rings. The molecule has 11 heavy (non-hydrogen) atoms. The molecule has 2 fully saturated rings. The van der Waals surface area contributed by atoms with Crippen molar-refractivity contribution in [1.29, 1.82) is 0 Å². The molecule has 0 N–H and O–H groups in total. The third kappa shape index (κ3) is 0.959. The Bertz CT molecular complexity index is 188. The van der Waals surface area contributed by atoms with Crippen molar-refractivity contribution >= 4 is 5.97 Å². The minimum atomic E-state index is 0.0474. The molecule has 62 valence electrons. The van der Waals surface area contributed by atoms with Crippen molar-refractivity contribution in [2.45, 2.75) is 32.8 Å². The average molecular weight is 154 g/mol. The highest BCUT2D eigenvalue weighted by atomic mass is 16.6. The van der Waals surface area contributed by atoms with E-state index in [0.29, 0.717) is 11.8 Å². The van der Waals surface area contributed by atoms with Gasteiger partial charge in [-0.1, -0.05) is 13.8 Å². The van der Waals surface area contributed by atoms with Crippen LogP contribution in [0, 0.1) is 17.8 Å². The van der Waals surface area contributed by atoms with E-state index in [9.17, 15) is 4.79 Å². The second-order valence-electron chi connectivity index (χ2n) is 3.98. The number of esters is 1. The first-order chi connectivity index (χ1) is 5.18. The topological polar surface area (TPSA) is 26.3 Å². The molecule has 0 aromatic carbocycles. The van der Waals surface area contributed by atoms with Crippen LogP contribution in [-0.2, 0) is 9.53 Å². The van der Waals surface area contributed by atoms with Gasteiger partial charge in [0.2, 0.25) is 0 Å². The van der Waals surface area contributed by atoms with Gasteiger partial charge in [-0.2, -0.15) is 0 Å². The van der Waals surface area contributed by atoms with Crippen molar-refractivity contribution in [1.82, 2.24) is 0 Å². The maximum atomic E-state index is 11.1. The predicted octanol–water partition coefficient (Wildman–Crippen LogP) is 1.59. The fraction of sp³-hybridized carbons (Fsp3) is 0.889. The summed E-state index contributed by atoms with van der Waals surface area (Å²) in [5.41, 5.74) is 0. The first-order valence-electron chi connectivity index (χ1n) is 4.39. The Morgan fingerprint density at radius 2 is 2.09 bits per heavy atom. The van der Waals surface area contributed by atoms with Gasteiger partial charge in [0.1, 0.15) is 6.10 Å². The van der Waals surface area contributed by atoms with E-state index < -0.39 is 0 Å². The SMILES string of the molecule is CC1CC2CC(OC2=O)C1C. The molecule has 2 heteroatoms. The summed E-state index contributed by atoms with van der Waals surface area (Å²) >= 11 is 0. The standard InChI is InChI=1S/C9H14O2/c1-5-3-7-4-8(6(5)2)11-9(7)10/h5-8H,3-4H2,1-2H3. The quantitative estimate of drug-likeness (QED) is 0.495. The monoisotopic (exact) mass is 154 g/mol. The molecule has 2 aliphatic rings. The molecule has 0 radical (unpaired) electrons. The molecular formula is C9H14O2. The van der Waals surface area contributed by atoms with E-state index in [1.165, 1.54) is 0 Å². The first-order valence-corrected chi connectivity index (χ1v) is 4.39. The fourth-order valence-corrected chi connectivity index (χ4v) is 2.21. The van der Waals surface area contributed by atoms with Gasteiger partial charge in [0.15, 0.2) is 0 Å². The molecule has 2 rings (SSSR count). The number of hydrogen-bond acceptors (Lipinski definition) is 2. The molecule has 0 amide bonds. The van der Waals surface area contributed by atoms with Crippen LogP contribution < -0.4 is 0 Å². The zero-order valence-electron chi connectivity index (χ0n) is 7.04. The molecular weight excluding hydrogens is 140 g/mol. The number of carbonyl (C=O) groups is 1. The van der Waals surface area contributed by atoms with Crippen LogP contribution in [-0.4, -0.2) is 12.1 Å². The molecule has 1 aliphatic carbocycles. The lowest BCUT2D eigenvalue weighted by Crippen LogP contribution is -2.27. The van der Waals surface area contributed by atoms with Gasteiger partial charge in [-0.15, -0.1) is 0 Å². The number of ether oxygens (including phenoxy) is 1. The molecule has 2 nitrogen and oxygen atoms in total. The molecule has 0 spiro atoms. The van der Waals surface area contributed by atoms with Crippen LogP contribution in [0.2, 0.25) is 0 Å². The lowest BCUT2D eigenvalue weighted by molar-refractivity contribution is -0.144. The molecule has 1 saturated heterocycles. The summed E-state index contributed by atoms with van der Waals surface area (Å²) in [6, 6.07) is 0. The summed E-state index contributed by atoms with van der Waals surface area (Å²) in [6.07, 6.45) is 2.25. The molecule has 4 atom stereocenters. The normalized spacial score (nSPS) is 49.1. The zero-order valence-corrected chi connectivity index (χ0v) is 7.04. The van der Waals surface area contributed by atoms with E-state index in [1.807, 2.05) is 0 Å². The zero-order chi connectivity index (χ0) is 8.01. The largest absolute Gasteiger partial charge is 0.462 e. The average Bonchev–Trinajstić information content (AvgIpc) is 2.26. The van der Waals surface area contributed by atoms with Crippen LogP contribution >= 0.6 is 0 Å². The van der Waals surface area contributed by atoms with E-state index in [2.05, 4.69) is 13.8 Å². The van der Waals surface area contributed by atoms with Crippen molar-refractivity contribution in [2.75, 3.05) is 0 Å². The van der Waals surface area contributed by atoms with E-state index in [1.54, 1.807) is 0 Å². The van der Waals surface area contributed by atoms with Gasteiger partial charge in [-0.3, -0.25) is 4.79 Å². The molecule has 1 saturated carbocycles. The summed E-state index contributed by atoms with van der Waals surface area (Å²) in [5.74, 6) is 1.50. The smallest absolute Gasteiger partial charge is 0.309 e. The first kappa shape index (κ1) is 7.14. The Morgan fingerprint density at radius 1 is 1.36 bits per heavy atom. The summed E-state index contributed by atoms with van der Waals surface area (Å²) in [5, 5.41) is 0. The Hall–Kier alpha value is -0.530. The molecule has 0 aromatic heterocycles. The van der Waals surface area contributed by atoms with E-state index in [0.717, 1.165) is 12.8 Å². The third-order valence-corrected chi connectivity index (χ3v) is 3.26. The Kier molecular flexibility index (Phi) is 1.44. The second kappa shape index (κ2) is 2.23. The van der Waals surface area contributed by atoms with Crippen molar-refractivity contribution in [3.05, 3.63) is 0 Å². The minimum Gasteiger partial charge on any atom is -0.462 e. The highest BCUT2D eigenvalue weighted by Crippen LogP contribution is 2.40. The maximum absolute atomic E-state index is 11.1. The van der Waals surface area contributed by atoms with Gasteiger partial charge in [0.25, 0.3) is 0 Å². The lowest BCUT2D eigenvalue weighted by atomic mass is 9.76. The van der Waals surface area contributed by atoms with Crippen molar-refractivity contribution in [2.24, 2.45) is 17.8 Å². The summed E-state index contributed by atoms with van der Waals surface area (Å²) in [4.78, 5) is 11.1. The highest BCUT2D eigenvalue weighted by molar-refractivity contribution is 5.75. The van der Waals surface area contributed by atoms with Crippen molar-refractivity contribution < 1.29 is 9.53 Å². The van der Waals surface area contributed by atoms with Crippen molar-refractivity contribution in [3.8, 4) is 0 Å². The minimum absolute atomic E-state index is 0.0474. The van der Waals surface area contributed by atoms with Crippen LogP contribution in [0.3, 0.4) is 0 Å². The lowest BCUT2D eigenvalue weighted by Gasteiger charge is -2.28. The number of rotatable bonds is 0. The van der Waals surface area contributed by atoms with Gasteiger partial charge in [-0.05, 0) is 24.7 Å². The van der Waals surface area contributed by atoms with Gasteiger partial charge in [0.05, 0.1) is 5.92 Å². The van der Waals surface area contributed by atoms with Crippen LogP contribution in [0.15, 0.2) is 0 Å². The highest BCUT2D eigenvalue weighted by Gasteiger charge is 2.44. The molecule has 1 heterocycles. The van der Waals surface area contributed by atoms with E-state index in [4.69, 9.17) is 4.74 Å². The third-order valence-electron chi connectivity index (χ3n) is 3.26. The summed E-state index contributed by atoms with van der Waals surface area (Å²) in [7, 11) is 0. The fourth-order valence-electron chi connectivity index (χ4n) is 2.21. The number of fused-ring (bicyclic) bond motifs is 2. The second-order valence-corrected chi connectivity index (χ2v) is 3.98. The maximum Gasteiger partial charge on any atom is 0.309 e. The van der Waals surface area contributed by atoms with Gasteiger partial charge in [0, 0.05) is 0 Å². The number of carbonyl (C=O) groups excluding carboxylic acids is 1. The van der Waals surface area contributed by atoms with Crippen LogP contribution in [0.1, 0.15) is 26.7 Å². The van der Waals surface area contributed by atoms with Gasteiger partial charge in [-0.25, -0.2) is 0 Å². The molecule has 1 aliphatic heterocycles. The van der Waals surface area contributed by atoms with Crippen molar-refractivity contribution in [3.63, 3.8) is 0 Å².